The zero-order chi connectivity index (χ0) is 34.0. The van der Waals surface area contributed by atoms with E-state index in [0.29, 0.717) is 24.1 Å². The maximum atomic E-state index is 13.8. The Morgan fingerprint density at radius 2 is 1.64 bits per heavy atom. The van der Waals surface area contributed by atoms with E-state index in [4.69, 9.17) is 9.72 Å². The number of rotatable bonds is 11. The highest BCUT2D eigenvalue weighted by molar-refractivity contribution is 7.89. The number of anilines is 1. The van der Waals surface area contributed by atoms with Crippen LogP contribution in [0.2, 0.25) is 0 Å². The molecule has 3 aliphatic rings. The molecule has 3 aromatic rings. The van der Waals surface area contributed by atoms with Crippen molar-refractivity contribution < 1.29 is 22.7 Å². The van der Waals surface area contributed by atoms with Gasteiger partial charge in [0.05, 0.1) is 20.9 Å². The van der Waals surface area contributed by atoms with Crippen LogP contribution in [0.25, 0.3) is 10.4 Å². The summed E-state index contributed by atoms with van der Waals surface area (Å²) in [5, 5.41) is 7.08. The number of carbonyl (C=O) groups excluding carboxylic acids is 2. The molecule has 3 N–H and O–H groups in total. The van der Waals surface area contributed by atoms with Crippen molar-refractivity contribution in [2.24, 2.45) is 0 Å². The fourth-order valence-corrected chi connectivity index (χ4v) is 9.76. The smallest absolute Gasteiger partial charge is 0.407 e. The lowest BCUT2D eigenvalue weighted by atomic mass is 9.57. The molecule has 2 aromatic carbocycles. The number of fused-ring (bicyclic) bond motifs is 3. The van der Waals surface area contributed by atoms with Crippen molar-refractivity contribution in [1.82, 2.24) is 15.0 Å². The van der Waals surface area contributed by atoms with Crippen LogP contribution < -0.4 is 15.4 Å². The molecule has 2 bridgehead atoms. The van der Waals surface area contributed by atoms with Crippen molar-refractivity contribution in [2.75, 3.05) is 5.32 Å². The number of benzene rings is 2. The van der Waals surface area contributed by atoms with E-state index in [0.717, 1.165) is 48.4 Å². The van der Waals surface area contributed by atoms with E-state index in [9.17, 15) is 18.0 Å². The quantitative estimate of drug-likeness (QED) is 0.189. The number of carbonyl (C=O) groups is 2. The zero-order valence-electron chi connectivity index (χ0n) is 28.3. The average Bonchev–Trinajstić information content (AvgIpc) is 3.51. The second kappa shape index (κ2) is 13.7. The summed E-state index contributed by atoms with van der Waals surface area (Å²) in [5.41, 5.74) is 1.13. The van der Waals surface area contributed by atoms with Gasteiger partial charge in [-0.15, -0.1) is 11.3 Å². The molecular formula is C36H48N4O5S2. The van der Waals surface area contributed by atoms with Crippen LogP contribution in [-0.2, 0) is 25.0 Å². The predicted octanol–water partition coefficient (Wildman–Crippen LogP) is 7.89. The number of aromatic nitrogens is 1. The van der Waals surface area contributed by atoms with Crippen LogP contribution in [0.1, 0.15) is 109 Å². The van der Waals surface area contributed by atoms with Crippen LogP contribution in [0, 0.1) is 0 Å². The Hall–Kier alpha value is -3.28. The van der Waals surface area contributed by atoms with Crippen LogP contribution in [0.4, 0.5) is 10.5 Å². The maximum Gasteiger partial charge on any atom is 0.407 e. The standard InChI is InChI=1S/C36H48N4O5S2/c1-24(2)45-33(42)39-36-19-16-35(17-20-36,18-21-36)32-37-23-29(46-32)28-14-13-27(22-30(28)47(43,44)40-34(4,5)6)38-31(41)15-12-25(3)26-10-8-7-9-11-26/h7-11,13-14,22-25,40H,12,15-21H2,1-6H3,(H,38,41)(H,39,42)/t25-,35?,36?/m0/s1. The molecule has 0 saturated heterocycles. The first-order chi connectivity index (χ1) is 22.1. The molecule has 0 aliphatic heterocycles. The number of amides is 2. The molecule has 0 radical (unpaired) electrons. The van der Waals surface area contributed by atoms with Gasteiger partial charge >= 0.3 is 6.09 Å². The first kappa shape index (κ1) is 35.0. The van der Waals surface area contributed by atoms with E-state index in [2.05, 4.69) is 34.4 Å². The molecule has 3 fully saturated rings. The Morgan fingerprint density at radius 3 is 2.26 bits per heavy atom. The minimum absolute atomic E-state index is 0.0954. The summed E-state index contributed by atoms with van der Waals surface area (Å²) in [4.78, 5) is 31.1. The number of sulfonamides is 1. The van der Waals surface area contributed by atoms with Crippen molar-refractivity contribution in [1.29, 1.82) is 0 Å². The van der Waals surface area contributed by atoms with Crippen molar-refractivity contribution in [3.63, 3.8) is 0 Å². The van der Waals surface area contributed by atoms with Gasteiger partial charge in [-0.05, 0) is 103 Å². The van der Waals surface area contributed by atoms with Crippen LogP contribution in [0.5, 0.6) is 0 Å². The molecule has 1 aromatic heterocycles. The highest BCUT2D eigenvalue weighted by Crippen LogP contribution is 2.55. The molecule has 0 unspecified atom stereocenters. The van der Waals surface area contributed by atoms with Gasteiger partial charge < -0.3 is 15.4 Å². The lowest BCUT2D eigenvalue weighted by Gasteiger charge is -2.52. The van der Waals surface area contributed by atoms with E-state index < -0.39 is 15.6 Å². The topological polar surface area (TPSA) is 126 Å². The van der Waals surface area contributed by atoms with E-state index in [-0.39, 0.29) is 39.9 Å². The van der Waals surface area contributed by atoms with Gasteiger partial charge in [-0.1, -0.05) is 43.3 Å². The lowest BCUT2D eigenvalue weighted by molar-refractivity contribution is -0.116. The molecule has 2 amide bonds. The molecule has 3 saturated carbocycles. The summed E-state index contributed by atoms with van der Waals surface area (Å²) in [5.74, 6) is 0.0584. The van der Waals surface area contributed by atoms with Gasteiger partial charge in [-0.2, -0.15) is 0 Å². The number of alkyl carbamates (subject to hydrolysis) is 1. The minimum atomic E-state index is -3.95. The Labute approximate surface area is 283 Å². The number of hydrogen-bond acceptors (Lipinski definition) is 7. The summed E-state index contributed by atoms with van der Waals surface area (Å²) in [7, 11) is -3.95. The third kappa shape index (κ3) is 8.42. The Bertz CT molecular complexity index is 1670. The normalized spacial score (nSPS) is 21.8. The van der Waals surface area contributed by atoms with Crippen LogP contribution in [-0.4, -0.2) is 42.6 Å². The van der Waals surface area contributed by atoms with Crippen molar-refractivity contribution in [3.8, 4) is 10.4 Å². The second-order valence-electron chi connectivity index (χ2n) is 14.6. The highest BCUT2D eigenvalue weighted by Gasteiger charge is 2.51. The summed E-state index contributed by atoms with van der Waals surface area (Å²) < 4.78 is 35.7. The molecule has 11 heteroatoms. The number of ether oxygens (including phenoxy) is 1. The molecule has 1 atom stereocenters. The van der Waals surface area contributed by atoms with E-state index >= 15 is 0 Å². The van der Waals surface area contributed by atoms with Gasteiger partial charge in [0.1, 0.15) is 0 Å². The molecule has 1 heterocycles. The van der Waals surface area contributed by atoms with Gasteiger partial charge in [0, 0.05) is 40.4 Å². The SMILES string of the molecule is CC(C)OC(=O)NC12CCC(c3ncc(-c4ccc(NC(=O)CC[C@H](C)c5ccccc5)cc4S(=O)(=O)NC(C)(C)C)s3)(CC1)CC2. The summed E-state index contributed by atoms with van der Waals surface area (Å²) in [6.45, 7) is 11.2. The molecule has 254 valence electrons. The first-order valence-electron chi connectivity index (χ1n) is 16.6. The third-order valence-electron chi connectivity index (χ3n) is 9.35. The van der Waals surface area contributed by atoms with E-state index in [1.54, 1.807) is 45.2 Å². The van der Waals surface area contributed by atoms with Crippen LogP contribution in [0.3, 0.4) is 0 Å². The largest absolute Gasteiger partial charge is 0.447 e. The van der Waals surface area contributed by atoms with Crippen molar-refractivity contribution in [3.05, 3.63) is 65.3 Å². The number of thiazole rings is 1. The highest BCUT2D eigenvalue weighted by atomic mass is 32.2. The van der Waals surface area contributed by atoms with Crippen LogP contribution in [0.15, 0.2) is 59.6 Å². The predicted molar refractivity (Wildman–Crippen MR) is 187 cm³/mol. The van der Waals surface area contributed by atoms with Crippen LogP contribution >= 0.6 is 11.3 Å². The molecule has 3 aliphatic carbocycles. The third-order valence-corrected chi connectivity index (χ3v) is 12.4. The van der Waals surface area contributed by atoms with Gasteiger partial charge in [0.2, 0.25) is 15.9 Å². The summed E-state index contributed by atoms with van der Waals surface area (Å²) >= 11 is 1.54. The molecule has 9 nitrogen and oxygen atoms in total. The zero-order valence-corrected chi connectivity index (χ0v) is 29.9. The van der Waals surface area contributed by atoms with Crippen molar-refractivity contribution in [2.45, 2.75) is 126 Å². The maximum absolute atomic E-state index is 13.8. The number of hydrogen-bond donors (Lipinski definition) is 3. The van der Waals surface area contributed by atoms with Gasteiger partial charge in [0.15, 0.2) is 0 Å². The average molecular weight is 681 g/mol. The van der Waals surface area contributed by atoms with Gasteiger partial charge in [0.25, 0.3) is 0 Å². The molecule has 0 spiro atoms. The Balaban J connectivity index is 1.35. The number of nitrogens with one attached hydrogen (secondary N) is 3. The van der Waals surface area contributed by atoms with E-state index in [1.165, 1.54) is 16.9 Å². The fraction of sp³-hybridized carbons (Fsp3) is 0.528. The molecule has 47 heavy (non-hydrogen) atoms. The summed E-state index contributed by atoms with van der Waals surface area (Å²) in [6.07, 6.45) is 7.48. The second-order valence-corrected chi connectivity index (χ2v) is 17.3. The van der Waals surface area contributed by atoms with Gasteiger partial charge in [-0.25, -0.2) is 22.9 Å². The fourth-order valence-electron chi connectivity index (χ4n) is 6.80. The van der Waals surface area contributed by atoms with Crippen molar-refractivity contribution >= 4 is 39.0 Å². The lowest BCUT2D eigenvalue weighted by Crippen LogP contribution is -2.58. The number of nitrogens with zero attached hydrogens (tertiary/aromatic N) is 1. The first-order valence-corrected chi connectivity index (χ1v) is 18.9. The van der Waals surface area contributed by atoms with E-state index in [1.807, 2.05) is 32.0 Å². The molecule has 6 rings (SSSR count). The van der Waals surface area contributed by atoms with Gasteiger partial charge in [-0.3, -0.25) is 4.79 Å². The minimum Gasteiger partial charge on any atom is -0.447 e. The Kier molecular flexibility index (Phi) is 10.2. The summed E-state index contributed by atoms with van der Waals surface area (Å²) in [6, 6.07) is 15.2. The Morgan fingerprint density at radius 1 is 0.979 bits per heavy atom. The monoisotopic (exact) mass is 680 g/mol. The molecular weight excluding hydrogens is 633 g/mol.